The number of nitrogens with zero attached hydrogens (tertiary/aromatic N) is 1. The minimum Gasteiger partial charge on any atom is -0.395 e. The fourth-order valence-corrected chi connectivity index (χ4v) is 2.10. The second-order valence-electron chi connectivity index (χ2n) is 4.24. The maximum Gasteiger partial charge on any atom is 0.155 e. The zero-order valence-electron chi connectivity index (χ0n) is 9.77. The first-order chi connectivity index (χ1) is 7.74. The highest BCUT2D eigenvalue weighted by Crippen LogP contribution is 2.34. The van der Waals surface area contributed by atoms with Crippen molar-refractivity contribution in [2.24, 2.45) is 0 Å². The molecule has 88 valence electrons. The Bertz CT molecular complexity index is 354. The van der Waals surface area contributed by atoms with Gasteiger partial charge in [-0.1, -0.05) is 12.1 Å². The van der Waals surface area contributed by atoms with Crippen molar-refractivity contribution in [3.8, 4) is 0 Å². The number of para-hydroxylation sites is 2. The second-order valence-corrected chi connectivity index (χ2v) is 4.24. The maximum atomic E-state index is 8.86. The fraction of sp³-hybridized carbons (Fsp3) is 0.500. The Morgan fingerprint density at radius 3 is 2.88 bits per heavy atom. The minimum absolute atomic E-state index is 0.0737. The molecule has 0 spiro atoms. The van der Waals surface area contributed by atoms with Crippen molar-refractivity contribution in [1.29, 1.82) is 0 Å². The molecule has 0 aliphatic carbocycles. The number of nitrogens with one attached hydrogen (secondary N) is 2. The Labute approximate surface area is 96.3 Å². The normalized spacial score (nSPS) is 18.8. The van der Waals surface area contributed by atoms with Crippen LogP contribution in [0.15, 0.2) is 24.3 Å². The zero-order valence-corrected chi connectivity index (χ0v) is 9.77. The monoisotopic (exact) mass is 221 g/mol. The molecule has 3 N–H and O–H groups in total. The number of hydrogen-bond acceptors (Lipinski definition) is 4. The summed E-state index contributed by atoms with van der Waals surface area (Å²) in [6, 6.07) is 8.67. The molecule has 1 unspecified atom stereocenters. The van der Waals surface area contributed by atoms with Gasteiger partial charge in [0.15, 0.2) is 6.29 Å². The van der Waals surface area contributed by atoms with Gasteiger partial charge in [-0.15, -0.1) is 0 Å². The van der Waals surface area contributed by atoms with E-state index in [0.29, 0.717) is 12.6 Å². The molecule has 4 heteroatoms. The summed E-state index contributed by atoms with van der Waals surface area (Å²) in [5, 5.41) is 15.5. The van der Waals surface area contributed by atoms with Gasteiger partial charge in [-0.3, -0.25) is 5.32 Å². The topological polar surface area (TPSA) is 47.5 Å². The Morgan fingerprint density at radius 2 is 2.19 bits per heavy atom. The second kappa shape index (κ2) is 4.72. The third kappa shape index (κ3) is 1.99. The van der Waals surface area contributed by atoms with Crippen LogP contribution in [0.2, 0.25) is 0 Å². The molecule has 1 heterocycles. The summed E-state index contributed by atoms with van der Waals surface area (Å²) in [4.78, 5) is 2.28. The Kier molecular flexibility index (Phi) is 3.31. The molecule has 1 aliphatic heterocycles. The predicted molar refractivity (Wildman–Crippen MR) is 66.6 cm³/mol. The van der Waals surface area contributed by atoms with Crippen LogP contribution >= 0.6 is 0 Å². The van der Waals surface area contributed by atoms with Gasteiger partial charge in [-0.25, -0.2) is 0 Å². The van der Waals surface area contributed by atoms with Crippen LogP contribution in [0.1, 0.15) is 13.8 Å². The van der Waals surface area contributed by atoms with Gasteiger partial charge in [0.25, 0.3) is 0 Å². The van der Waals surface area contributed by atoms with E-state index in [1.807, 2.05) is 12.1 Å². The van der Waals surface area contributed by atoms with Crippen molar-refractivity contribution in [2.75, 3.05) is 23.4 Å². The average molecular weight is 221 g/mol. The average Bonchev–Trinajstić information content (AvgIpc) is 2.64. The van der Waals surface area contributed by atoms with Crippen LogP contribution in [-0.4, -0.2) is 30.6 Å². The third-order valence-corrected chi connectivity index (χ3v) is 2.76. The third-order valence-electron chi connectivity index (χ3n) is 2.76. The molecule has 0 amide bonds. The molecule has 0 bridgehead atoms. The molecule has 0 aromatic heterocycles. The van der Waals surface area contributed by atoms with Gasteiger partial charge >= 0.3 is 0 Å². The minimum atomic E-state index is 0.0737. The molecule has 1 aromatic carbocycles. The zero-order chi connectivity index (χ0) is 11.5. The molecular weight excluding hydrogens is 202 g/mol. The molecule has 0 fully saturated rings. The van der Waals surface area contributed by atoms with Gasteiger partial charge in [-0.05, 0) is 26.0 Å². The quantitative estimate of drug-likeness (QED) is 0.715. The van der Waals surface area contributed by atoms with Crippen molar-refractivity contribution < 1.29 is 5.11 Å². The fourth-order valence-electron chi connectivity index (χ4n) is 2.10. The standard InChI is InChI=1S/C12H19N3O/c1-9(2)15-11-6-4-3-5-10(11)14-12(15)13-7-8-16/h3-6,9,12-14,16H,7-8H2,1-2H3. The molecule has 0 radical (unpaired) electrons. The summed E-state index contributed by atoms with van der Waals surface area (Å²) in [5.74, 6) is 0. The lowest BCUT2D eigenvalue weighted by molar-refractivity contribution is 0.285. The van der Waals surface area contributed by atoms with Gasteiger partial charge in [0, 0.05) is 12.6 Å². The van der Waals surface area contributed by atoms with Crippen molar-refractivity contribution >= 4 is 11.4 Å². The lowest BCUT2D eigenvalue weighted by atomic mass is 10.2. The van der Waals surface area contributed by atoms with Crippen LogP contribution in [0, 0.1) is 0 Å². The summed E-state index contributed by atoms with van der Waals surface area (Å²) in [6.07, 6.45) is 0.0737. The van der Waals surface area contributed by atoms with Crippen LogP contribution < -0.4 is 15.5 Å². The van der Waals surface area contributed by atoms with Crippen molar-refractivity contribution in [2.45, 2.75) is 26.2 Å². The Hall–Kier alpha value is -1.26. The van der Waals surface area contributed by atoms with E-state index in [1.165, 1.54) is 5.69 Å². The summed E-state index contributed by atoms with van der Waals surface area (Å²) in [5.41, 5.74) is 2.36. The first-order valence-corrected chi connectivity index (χ1v) is 5.72. The number of anilines is 2. The van der Waals surface area contributed by atoms with Crippen molar-refractivity contribution in [3.63, 3.8) is 0 Å². The number of rotatable bonds is 4. The summed E-state index contributed by atoms with van der Waals surface area (Å²) >= 11 is 0. The SMILES string of the molecule is CC(C)N1c2ccccc2NC1NCCO. The smallest absolute Gasteiger partial charge is 0.155 e. The van der Waals surface area contributed by atoms with Crippen LogP contribution in [-0.2, 0) is 0 Å². The van der Waals surface area contributed by atoms with E-state index in [0.717, 1.165) is 5.69 Å². The van der Waals surface area contributed by atoms with E-state index in [4.69, 9.17) is 5.11 Å². The lowest BCUT2D eigenvalue weighted by Crippen LogP contribution is -2.50. The summed E-state index contributed by atoms with van der Waals surface area (Å²) in [7, 11) is 0. The number of fused-ring (bicyclic) bond motifs is 1. The molecule has 2 rings (SSSR count). The van der Waals surface area contributed by atoms with Crippen LogP contribution in [0.3, 0.4) is 0 Å². The maximum absolute atomic E-state index is 8.86. The predicted octanol–water partition coefficient (Wildman–Crippen LogP) is 1.19. The van der Waals surface area contributed by atoms with Crippen molar-refractivity contribution in [3.05, 3.63) is 24.3 Å². The number of aliphatic hydroxyl groups is 1. The largest absolute Gasteiger partial charge is 0.395 e. The molecule has 16 heavy (non-hydrogen) atoms. The molecule has 1 atom stereocenters. The molecule has 1 aliphatic rings. The van der Waals surface area contributed by atoms with Crippen LogP contribution in [0.4, 0.5) is 11.4 Å². The van der Waals surface area contributed by atoms with Gasteiger partial charge in [0.05, 0.1) is 18.0 Å². The summed E-state index contributed by atoms with van der Waals surface area (Å²) in [6.45, 7) is 5.07. The lowest BCUT2D eigenvalue weighted by Gasteiger charge is -2.31. The molecular formula is C12H19N3O. The van der Waals surface area contributed by atoms with E-state index in [1.54, 1.807) is 0 Å². The molecule has 1 aromatic rings. The van der Waals surface area contributed by atoms with Gasteiger partial charge < -0.3 is 15.3 Å². The molecule has 4 nitrogen and oxygen atoms in total. The number of hydrogen-bond donors (Lipinski definition) is 3. The number of aliphatic hydroxyl groups excluding tert-OH is 1. The van der Waals surface area contributed by atoms with Gasteiger partial charge in [0.2, 0.25) is 0 Å². The summed E-state index contributed by atoms with van der Waals surface area (Å²) < 4.78 is 0. The van der Waals surface area contributed by atoms with Gasteiger partial charge in [0.1, 0.15) is 0 Å². The van der Waals surface area contributed by atoms with E-state index in [2.05, 4.69) is 41.5 Å². The molecule has 0 saturated carbocycles. The van der Waals surface area contributed by atoms with E-state index >= 15 is 0 Å². The van der Waals surface area contributed by atoms with Crippen molar-refractivity contribution in [1.82, 2.24) is 5.32 Å². The van der Waals surface area contributed by atoms with Gasteiger partial charge in [-0.2, -0.15) is 0 Å². The highest BCUT2D eigenvalue weighted by molar-refractivity contribution is 5.76. The Morgan fingerprint density at radius 1 is 1.44 bits per heavy atom. The van der Waals surface area contributed by atoms with E-state index < -0.39 is 0 Å². The first-order valence-electron chi connectivity index (χ1n) is 5.72. The van der Waals surface area contributed by atoms with E-state index in [9.17, 15) is 0 Å². The first kappa shape index (κ1) is 11.2. The molecule has 0 saturated heterocycles. The Balaban J connectivity index is 2.20. The van der Waals surface area contributed by atoms with E-state index in [-0.39, 0.29) is 12.9 Å². The number of benzene rings is 1. The highest BCUT2D eigenvalue weighted by Gasteiger charge is 2.29. The highest BCUT2D eigenvalue weighted by atomic mass is 16.3. The van der Waals surface area contributed by atoms with Crippen LogP contribution in [0.25, 0.3) is 0 Å². The van der Waals surface area contributed by atoms with Crippen LogP contribution in [0.5, 0.6) is 0 Å².